The van der Waals surface area contributed by atoms with Crippen LogP contribution in [-0.2, 0) is 0 Å². The number of nitrogens with one attached hydrogen (secondary N) is 2. The first-order chi connectivity index (χ1) is 7.75. The Kier molecular flexibility index (Phi) is 3.51. The summed E-state index contributed by atoms with van der Waals surface area (Å²) in [7, 11) is 0. The molecule has 6 nitrogen and oxygen atoms in total. The van der Waals surface area contributed by atoms with Crippen molar-refractivity contribution in [2.24, 2.45) is 0 Å². The van der Waals surface area contributed by atoms with E-state index in [2.05, 4.69) is 20.8 Å². The highest BCUT2D eigenvalue weighted by Gasteiger charge is 2.15. The van der Waals surface area contributed by atoms with E-state index in [0.29, 0.717) is 18.5 Å². The zero-order chi connectivity index (χ0) is 11.4. The predicted octanol–water partition coefficient (Wildman–Crippen LogP) is 0.250. The van der Waals surface area contributed by atoms with Gasteiger partial charge in [-0.3, -0.25) is 4.79 Å². The van der Waals surface area contributed by atoms with E-state index in [1.54, 1.807) is 6.92 Å². The van der Waals surface area contributed by atoms with Gasteiger partial charge < -0.3 is 15.2 Å². The van der Waals surface area contributed by atoms with Crippen LogP contribution in [0.4, 0.5) is 0 Å². The van der Waals surface area contributed by atoms with Crippen LogP contribution in [0, 0.1) is 6.92 Å². The van der Waals surface area contributed by atoms with Crippen molar-refractivity contribution >= 4 is 5.91 Å². The quantitative estimate of drug-likeness (QED) is 0.766. The van der Waals surface area contributed by atoms with Crippen LogP contribution in [0.3, 0.4) is 0 Å². The second-order valence-electron chi connectivity index (χ2n) is 3.97. The monoisotopic (exact) mass is 224 g/mol. The van der Waals surface area contributed by atoms with Crippen molar-refractivity contribution in [3.63, 3.8) is 0 Å². The van der Waals surface area contributed by atoms with Crippen LogP contribution in [0.15, 0.2) is 4.52 Å². The summed E-state index contributed by atoms with van der Waals surface area (Å²) in [6, 6.07) is 0.535. The lowest BCUT2D eigenvalue weighted by atomic mass is 10.1. The van der Waals surface area contributed by atoms with Crippen molar-refractivity contribution in [2.75, 3.05) is 13.1 Å². The number of amides is 1. The van der Waals surface area contributed by atoms with Crippen molar-refractivity contribution in [1.82, 2.24) is 20.8 Å². The number of hydrogen-bond acceptors (Lipinski definition) is 5. The molecule has 6 heteroatoms. The Bertz CT molecular complexity index is 357. The number of hydrogen-bond donors (Lipinski definition) is 2. The molecule has 2 N–H and O–H groups in total. The lowest BCUT2D eigenvalue weighted by molar-refractivity contribution is 0.0939. The van der Waals surface area contributed by atoms with Crippen LogP contribution in [0.1, 0.15) is 35.8 Å². The molecular formula is C10H16N4O2. The summed E-state index contributed by atoms with van der Waals surface area (Å²) in [5, 5.41) is 9.70. The Morgan fingerprint density at radius 3 is 3.19 bits per heavy atom. The second-order valence-corrected chi connectivity index (χ2v) is 3.97. The van der Waals surface area contributed by atoms with Gasteiger partial charge in [0.25, 0.3) is 11.7 Å². The fraction of sp³-hybridized carbons (Fsp3) is 0.700. The molecule has 0 saturated carbocycles. The third kappa shape index (κ3) is 2.79. The molecule has 1 amide bonds. The van der Waals surface area contributed by atoms with Crippen molar-refractivity contribution in [3.8, 4) is 0 Å². The molecule has 2 rings (SSSR count). The normalized spacial score (nSPS) is 19.9. The fourth-order valence-corrected chi connectivity index (χ4v) is 1.83. The molecule has 0 unspecified atom stereocenters. The van der Waals surface area contributed by atoms with Gasteiger partial charge >= 0.3 is 0 Å². The van der Waals surface area contributed by atoms with Gasteiger partial charge in [0, 0.05) is 19.5 Å². The summed E-state index contributed by atoms with van der Waals surface area (Å²) < 4.78 is 4.73. The first-order valence-electron chi connectivity index (χ1n) is 5.57. The molecule has 16 heavy (non-hydrogen) atoms. The van der Waals surface area contributed by atoms with Crippen molar-refractivity contribution in [3.05, 3.63) is 11.7 Å². The molecule has 1 aliphatic rings. The standard InChI is InChI=1S/C10H16N4O2/c1-7-13-9(14-16-7)10(15)12-6-4-8-3-2-5-11-8/h8,11H,2-6H2,1H3,(H,12,15)/t8-/m0/s1. The molecule has 1 aromatic heterocycles. The molecule has 1 atom stereocenters. The maximum absolute atomic E-state index is 11.5. The Morgan fingerprint density at radius 1 is 1.69 bits per heavy atom. The minimum absolute atomic E-state index is 0.108. The molecule has 1 aromatic rings. The van der Waals surface area contributed by atoms with Gasteiger partial charge in [0.2, 0.25) is 5.89 Å². The summed E-state index contributed by atoms with van der Waals surface area (Å²) in [6.45, 7) is 3.39. The highest BCUT2D eigenvalue weighted by molar-refractivity contribution is 5.90. The maximum Gasteiger partial charge on any atom is 0.292 e. The van der Waals surface area contributed by atoms with E-state index in [-0.39, 0.29) is 11.7 Å². The minimum Gasteiger partial charge on any atom is -0.349 e. The Labute approximate surface area is 93.8 Å². The van der Waals surface area contributed by atoms with Crippen LogP contribution < -0.4 is 10.6 Å². The van der Waals surface area contributed by atoms with E-state index < -0.39 is 0 Å². The molecule has 0 bridgehead atoms. The average Bonchev–Trinajstić information content (AvgIpc) is 2.89. The van der Waals surface area contributed by atoms with Gasteiger partial charge in [-0.1, -0.05) is 5.16 Å². The molecular weight excluding hydrogens is 208 g/mol. The highest BCUT2D eigenvalue weighted by atomic mass is 16.5. The summed E-state index contributed by atoms with van der Waals surface area (Å²) in [4.78, 5) is 15.4. The van der Waals surface area contributed by atoms with Gasteiger partial charge in [0.1, 0.15) is 0 Å². The van der Waals surface area contributed by atoms with Crippen LogP contribution >= 0.6 is 0 Å². The third-order valence-electron chi connectivity index (χ3n) is 2.67. The van der Waals surface area contributed by atoms with Crippen LogP contribution in [0.2, 0.25) is 0 Å². The minimum atomic E-state index is -0.269. The lowest BCUT2D eigenvalue weighted by Crippen LogP contribution is -2.31. The molecule has 88 valence electrons. The number of nitrogens with zero attached hydrogens (tertiary/aromatic N) is 2. The van der Waals surface area contributed by atoms with E-state index in [0.717, 1.165) is 13.0 Å². The van der Waals surface area contributed by atoms with Gasteiger partial charge in [-0.15, -0.1) is 0 Å². The second kappa shape index (κ2) is 5.07. The number of rotatable bonds is 4. The van der Waals surface area contributed by atoms with Crippen molar-refractivity contribution < 1.29 is 9.32 Å². The number of carbonyl (C=O) groups excluding carboxylic acids is 1. The van der Waals surface area contributed by atoms with Crippen molar-refractivity contribution in [2.45, 2.75) is 32.2 Å². The van der Waals surface area contributed by atoms with E-state index in [1.807, 2.05) is 0 Å². The zero-order valence-corrected chi connectivity index (χ0v) is 9.32. The van der Waals surface area contributed by atoms with Crippen molar-refractivity contribution in [1.29, 1.82) is 0 Å². The molecule has 0 spiro atoms. The molecule has 0 aliphatic carbocycles. The molecule has 1 fully saturated rings. The Balaban J connectivity index is 1.71. The van der Waals surface area contributed by atoms with Crippen LogP contribution in [0.5, 0.6) is 0 Å². The first-order valence-corrected chi connectivity index (χ1v) is 5.57. The van der Waals surface area contributed by atoms with Crippen LogP contribution in [-0.4, -0.2) is 35.2 Å². The SMILES string of the molecule is Cc1nc(C(=O)NCC[C@@H]2CCCN2)no1. The summed E-state index contributed by atoms with van der Waals surface area (Å²) >= 11 is 0. The Morgan fingerprint density at radius 2 is 2.56 bits per heavy atom. The molecule has 2 heterocycles. The van der Waals surface area contributed by atoms with E-state index in [9.17, 15) is 4.79 Å². The number of carbonyl (C=O) groups is 1. The summed E-state index contributed by atoms with van der Waals surface area (Å²) in [5.74, 6) is 0.245. The topological polar surface area (TPSA) is 80.0 Å². The average molecular weight is 224 g/mol. The fourth-order valence-electron chi connectivity index (χ4n) is 1.83. The van der Waals surface area contributed by atoms with E-state index in [1.165, 1.54) is 12.8 Å². The highest BCUT2D eigenvalue weighted by Crippen LogP contribution is 2.07. The lowest BCUT2D eigenvalue weighted by Gasteiger charge is -2.09. The molecule has 0 radical (unpaired) electrons. The van der Waals surface area contributed by atoms with Gasteiger partial charge in [0.15, 0.2) is 0 Å². The summed E-state index contributed by atoms with van der Waals surface area (Å²) in [5.41, 5.74) is 0. The number of aryl methyl sites for hydroxylation is 1. The summed E-state index contributed by atoms with van der Waals surface area (Å²) in [6.07, 6.45) is 3.36. The first kappa shape index (κ1) is 11.1. The molecule has 1 saturated heterocycles. The van der Waals surface area contributed by atoms with Gasteiger partial charge in [0.05, 0.1) is 0 Å². The van der Waals surface area contributed by atoms with E-state index >= 15 is 0 Å². The van der Waals surface area contributed by atoms with Gasteiger partial charge in [-0.25, -0.2) is 0 Å². The largest absolute Gasteiger partial charge is 0.349 e. The predicted molar refractivity (Wildman–Crippen MR) is 57.0 cm³/mol. The number of aromatic nitrogens is 2. The zero-order valence-electron chi connectivity index (χ0n) is 9.32. The maximum atomic E-state index is 11.5. The van der Waals surface area contributed by atoms with Crippen LogP contribution in [0.25, 0.3) is 0 Å². The van der Waals surface area contributed by atoms with Gasteiger partial charge in [-0.2, -0.15) is 4.98 Å². The molecule has 1 aliphatic heterocycles. The molecule has 0 aromatic carbocycles. The van der Waals surface area contributed by atoms with Gasteiger partial charge in [-0.05, 0) is 25.8 Å². The van der Waals surface area contributed by atoms with E-state index in [4.69, 9.17) is 4.52 Å². The smallest absolute Gasteiger partial charge is 0.292 e. The Hall–Kier alpha value is -1.43. The third-order valence-corrected chi connectivity index (χ3v) is 2.67.